The van der Waals surface area contributed by atoms with Crippen LogP contribution in [0.25, 0.3) is 10.6 Å². The number of nitrogens with zero attached hydrogens (tertiary/aromatic N) is 1. The van der Waals surface area contributed by atoms with Crippen molar-refractivity contribution in [3.63, 3.8) is 0 Å². The van der Waals surface area contributed by atoms with E-state index in [9.17, 15) is 17.2 Å². The minimum absolute atomic E-state index is 0.0160. The van der Waals surface area contributed by atoms with E-state index in [1.165, 1.54) is 11.3 Å². The van der Waals surface area contributed by atoms with Gasteiger partial charge >= 0.3 is 0 Å². The van der Waals surface area contributed by atoms with E-state index >= 15 is 0 Å². The SMILES string of the molecule is O=S(=O)(NCCc1csc(-c2ccc(Cl)cc2)n1)c1cc(F)ccc1F. The molecule has 0 aliphatic rings. The molecule has 0 saturated carbocycles. The zero-order chi connectivity index (χ0) is 18.7. The van der Waals surface area contributed by atoms with E-state index in [2.05, 4.69) is 9.71 Å². The first-order valence-electron chi connectivity index (χ1n) is 7.50. The Morgan fingerprint density at radius 3 is 2.58 bits per heavy atom. The monoisotopic (exact) mass is 414 g/mol. The number of thiazole rings is 1. The van der Waals surface area contributed by atoms with Crippen molar-refractivity contribution in [2.45, 2.75) is 11.3 Å². The summed E-state index contributed by atoms with van der Waals surface area (Å²) in [6.45, 7) is 0.0160. The first-order chi connectivity index (χ1) is 12.3. The predicted octanol–water partition coefficient (Wildman–Crippen LogP) is 4.26. The van der Waals surface area contributed by atoms with Gasteiger partial charge in [-0.1, -0.05) is 23.7 Å². The number of benzene rings is 2. The molecule has 4 nitrogen and oxygen atoms in total. The second-order valence-corrected chi connectivity index (χ2v) is 8.40. The zero-order valence-electron chi connectivity index (χ0n) is 13.2. The van der Waals surface area contributed by atoms with Crippen LogP contribution >= 0.6 is 22.9 Å². The van der Waals surface area contributed by atoms with E-state index in [-0.39, 0.29) is 6.54 Å². The van der Waals surface area contributed by atoms with E-state index in [1.807, 2.05) is 17.5 Å². The van der Waals surface area contributed by atoms with Crippen molar-refractivity contribution in [2.24, 2.45) is 0 Å². The minimum Gasteiger partial charge on any atom is -0.241 e. The van der Waals surface area contributed by atoms with E-state index in [0.29, 0.717) is 23.2 Å². The summed E-state index contributed by atoms with van der Waals surface area (Å²) >= 11 is 7.28. The molecule has 9 heteroatoms. The third-order valence-electron chi connectivity index (χ3n) is 3.50. The van der Waals surface area contributed by atoms with Crippen LogP contribution in [0.2, 0.25) is 5.02 Å². The summed E-state index contributed by atoms with van der Waals surface area (Å²) in [7, 11) is -4.14. The molecular weight excluding hydrogens is 402 g/mol. The summed E-state index contributed by atoms with van der Waals surface area (Å²) in [5.74, 6) is -1.82. The van der Waals surface area contributed by atoms with Crippen LogP contribution in [-0.4, -0.2) is 19.9 Å². The maximum atomic E-state index is 13.6. The van der Waals surface area contributed by atoms with Gasteiger partial charge in [-0.05, 0) is 30.3 Å². The van der Waals surface area contributed by atoms with Crippen LogP contribution in [-0.2, 0) is 16.4 Å². The zero-order valence-corrected chi connectivity index (χ0v) is 15.6. The Labute approximate surface area is 158 Å². The third kappa shape index (κ3) is 4.45. The third-order valence-corrected chi connectivity index (χ3v) is 6.17. The van der Waals surface area contributed by atoms with Gasteiger partial charge in [-0.3, -0.25) is 0 Å². The molecule has 0 spiro atoms. The van der Waals surface area contributed by atoms with Crippen LogP contribution in [0.3, 0.4) is 0 Å². The summed E-state index contributed by atoms with van der Waals surface area (Å²) in [5.41, 5.74) is 1.61. The van der Waals surface area contributed by atoms with Crippen LogP contribution in [0.5, 0.6) is 0 Å². The molecule has 0 amide bonds. The van der Waals surface area contributed by atoms with Crippen LogP contribution in [0, 0.1) is 11.6 Å². The van der Waals surface area contributed by atoms with E-state index in [4.69, 9.17) is 11.6 Å². The highest BCUT2D eigenvalue weighted by molar-refractivity contribution is 7.89. The Bertz CT molecular complexity index is 1020. The summed E-state index contributed by atoms with van der Waals surface area (Å²) in [4.78, 5) is 3.73. The van der Waals surface area contributed by atoms with E-state index < -0.39 is 26.6 Å². The summed E-state index contributed by atoms with van der Waals surface area (Å²) in [6, 6.07) is 9.52. The van der Waals surface area contributed by atoms with Crippen LogP contribution in [0.15, 0.2) is 52.7 Å². The molecular formula is C17H13ClF2N2O2S2. The molecule has 0 atom stereocenters. The first-order valence-corrected chi connectivity index (χ1v) is 10.2. The maximum Gasteiger partial charge on any atom is 0.243 e. The van der Waals surface area contributed by atoms with Crippen molar-refractivity contribution in [3.8, 4) is 10.6 Å². The number of hydrogen-bond donors (Lipinski definition) is 1. The van der Waals surface area contributed by atoms with Gasteiger partial charge in [0.25, 0.3) is 0 Å². The lowest BCUT2D eigenvalue weighted by Gasteiger charge is -2.07. The minimum atomic E-state index is -4.14. The second-order valence-electron chi connectivity index (χ2n) is 5.37. The Morgan fingerprint density at radius 1 is 1.12 bits per heavy atom. The van der Waals surface area contributed by atoms with Gasteiger partial charge in [0.2, 0.25) is 10.0 Å². The van der Waals surface area contributed by atoms with Crippen molar-refractivity contribution in [1.82, 2.24) is 9.71 Å². The van der Waals surface area contributed by atoms with Crippen LogP contribution in [0.4, 0.5) is 8.78 Å². The van der Waals surface area contributed by atoms with Crippen LogP contribution < -0.4 is 4.72 Å². The molecule has 0 aliphatic carbocycles. The van der Waals surface area contributed by atoms with E-state index in [0.717, 1.165) is 22.7 Å². The molecule has 1 aromatic heterocycles. The number of nitrogens with one attached hydrogen (secondary N) is 1. The molecule has 0 unspecified atom stereocenters. The fourth-order valence-corrected chi connectivity index (χ4v) is 4.33. The lowest BCUT2D eigenvalue weighted by atomic mass is 10.2. The second kappa shape index (κ2) is 7.79. The van der Waals surface area contributed by atoms with Crippen molar-refractivity contribution in [2.75, 3.05) is 6.54 Å². The predicted molar refractivity (Wildman–Crippen MR) is 97.8 cm³/mol. The molecule has 0 radical (unpaired) electrons. The van der Waals surface area contributed by atoms with Gasteiger partial charge in [0.05, 0.1) is 5.69 Å². The normalized spacial score (nSPS) is 11.7. The molecule has 1 heterocycles. The highest BCUT2D eigenvalue weighted by atomic mass is 35.5. The Hall–Kier alpha value is -1.87. The van der Waals surface area contributed by atoms with Gasteiger partial charge < -0.3 is 0 Å². The highest BCUT2D eigenvalue weighted by Gasteiger charge is 2.19. The van der Waals surface area contributed by atoms with Crippen molar-refractivity contribution < 1.29 is 17.2 Å². The number of aromatic nitrogens is 1. The molecule has 0 bridgehead atoms. The largest absolute Gasteiger partial charge is 0.243 e. The van der Waals surface area contributed by atoms with Gasteiger partial charge in [0, 0.05) is 28.9 Å². The number of sulfonamides is 1. The van der Waals surface area contributed by atoms with Gasteiger partial charge in [-0.15, -0.1) is 11.3 Å². The Kier molecular flexibility index (Phi) is 5.67. The Morgan fingerprint density at radius 2 is 1.85 bits per heavy atom. The smallest absolute Gasteiger partial charge is 0.241 e. The fraction of sp³-hybridized carbons (Fsp3) is 0.118. The number of halogens is 3. The van der Waals surface area contributed by atoms with Gasteiger partial charge in [0.1, 0.15) is 21.5 Å². The Balaban J connectivity index is 1.65. The molecule has 136 valence electrons. The first kappa shape index (κ1) is 18.9. The summed E-state index contributed by atoms with van der Waals surface area (Å²) in [6.07, 6.45) is 0.320. The number of hydrogen-bond acceptors (Lipinski definition) is 4. The van der Waals surface area contributed by atoms with Gasteiger partial charge in [0.15, 0.2) is 0 Å². The molecule has 3 rings (SSSR count). The molecule has 2 aromatic carbocycles. The molecule has 1 N–H and O–H groups in total. The molecule has 0 aliphatic heterocycles. The molecule has 3 aromatic rings. The van der Waals surface area contributed by atoms with Gasteiger partial charge in [-0.2, -0.15) is 0 Å². The lowest BCUT2D eigenvalue weighted by Crippen LogP contribution is -2.27. The average Bonchev–Trinajstić information content (AvgIpc) is 3.06. The maximum absolute atomic E-state index is 13.6. The van der Waals surface area contributed by atoms with Gasteiger partial charge in [-0.25, -0.2) is 26.9 Å². The standard InChI is InChI=1S/C17H13ClF2N2O2S2/c18-12-3-1-11(2-4-12)17-22-14(10-25-17)7-8-21-26(23,24)16-9-13(19)5-6-15(16)20/h1-6,9-10,21H,7-8H2. The summed E-state index contributed by atoms with van der Waals surface area (Å²) < 4.78 is 53.3. The quantitative estimate of drug-likeness (QED) is 0.655. The molecule has 26 heavy (non-hydrogen) atoms. The number of rotatable bonds is 6. The summed E-state index contributed by atoms with van der Waals surface area (Å²) in [5, 5.41) is 3.24. The topological polar surface area (TPSA) is 59.1 Å². The van der Waals surface area contributed by atoms with Crippen LogP contribution in [0.1, 0.15) is 5.69 Å². The van der Waals surface area contributed by atoms with Crippen molar-refractivity contribution >= 4 is 33.0 Å². The lowest BCUT2D eigenvalue weighted by molar-refractivity contribution is 0.546. The molecule has 0 fully saturated rings. The molecule has 0 saturated heterocycles. The van der Waals surface area contributed by atoms with Crippen molar-refractivity contribution in [3.05, 3.63) is 70.2 Å². The van der Waals surface area contributed by atoms with E-state index in [1.54, 1.807) is 12.1 Å². The van der Waals surface area contributed by atoms with Crippen molar-refractivity contribution in [1.29, 1.82) is 0 Å². The fourth-order valence-electron chi connectivity index (χ4n) is 2.22. The highest BCUT2D eigenvalue weighted by Crippen LogP contribution is 2.25. The average molecular weight is 415 g/mol.